The molecule has 0 aromatic heterocycles. The molecule has 4 nitrogen and oxygen atoms in total. The van der Waals surface area contributed by atoms with Crippen LogP contribution in [0.2, 0.25) is 0 Å². The lowest BCUT2D eigenvalue weighted by atomic mass is 9.96. The van der Waals surface area contributed by atoms with Gasteiger partial charge in [-0.3, -0.25) is 9.69 Å². The molecule has 1 amide bonds. The van der Waals surface area contributed by atoms with E-state index in [9.17, 15) is 4.79 Å². The third kappa shape index (κ3) is 2.63. The highest BCUT2D eigenvalue weighted by Gasteiger charge is 2.36. The van der Waals surface area contributed by atoms with Crippen LogP contribution in [0.1, 0.15) is 39.5 Å². The van der Waals surface area contributed by atoms with Gasteiger partial charge in [-0.15, -0.1) is 0 Å². The fourth-order valence-corrected chi connectivity index (χ4v) is 3.05. The van der Waals surface area contributed by atoms with Crippen molar-refractivity contribution in [1.82, 2.24) is 9.80 Å². The van der Waals surface area contributed by atoms with Crippen molar-refractivity contribution in [2.45, 2.75) is 57.7 Å². The van der Waals surface area contributed by atoms with E-state index in [2.05, 4.69) is 11.8 Å². The highest BCUT2D eigenvalue weighted by molar-refractivity contribution is 5.82. The average Bonchev–Trinajstić information content (AvgIpc) is 2.36. The number of piperidine rings is 1. The summed E-state index contributed by atoms with van der Waals surface area (Å²) in [6, 6.07) is 0.579. The molecule has 0 bridgehead atoms. The molecule has 0 saturated carbocycles. The van der Waals surface area contributed by atoms with Crippen molar-refractivity contribution in [3.63, 3.8) is 0 Å². The lowest BCUT2D eigenvalue weighted by Gasteiger charge is -2.48. The smallest absolute Gasteiger partial charge is 0.239 e. The first-order valence-corrected chi connectivity index (χ1v) is 6.93. The van der Waals surface area contributed by atoms with Crippen molar-refractivity contribution in [2.24, 2.45) is 5.73 Å². The predicted molar refractivity (Wildman–Crippen MR) is 68.7 cm³/mol. The third-order valence-corrected chi connectivity index (χ3v) is 4.23. The molecule has 17 heavy (non-hydrogen) atoms. The standard InChI is InChI=1S/C13H25N3O/c1-3-12(14)13(17)16-9-11-6-4-5-7-15(11)8-10(16)2/h10-12H,3-9,14H2,1-2H3/t10?,11?,12-/m1/s1. The van der Waals surface area contributed by atoms with E-state index in [0.717, 1.165) is 19.5 Å². The molecule has 2 rings (SSSR count). The van der Waals surface area contributed by atoms with Gasteiger partial charge in [0.1, 0.15) is 0 Å². The Kier molecular flexibility index (Phi) is 4.05. The molecule has 2 aliphatic heterocycles. The minimum absolute atomic E-state index is 0.144. The Bertz CT molecular complexity index is 282. The second-order valence-corrected chi connectivity index (χ2v) is 5.50. The second-order valence-electron chi connectivity index (χ2n) is 5.50. The fraction of sp³-hybridized carbons (Fsp3) is 0.923. The van der Waals surface area contributed by atoms with Crippen molar-refractivity contribution < 1.29 is 4.79 Å². The molecule has 0 spiro atoms. The lowest BCUT2D eigenvalue weighted by Crippen LogP contribution is -2.62. The minimum atomic E-state index is -0.312. The number of nitrogens with two attached hydrogens (primary N) is 1. The van der Waals surface area contributed by atoms with Crippen LogP contribution in [0.4, 0.5) is 0 Å². The Balaban J connectivity index is 2.01. The number of hydrogen-bond acceptors (Lipinski definition) is 3. The van der Waals surface area contributed by atoms with E-state index < -0.39 is 0 Å². The van der Waals surface area contributed by atoms with Gasteiger partial charge in [0.05, 0.1) is 6.04 Å². The molecule has 98 valence electrons. The molecule has 2 aliphatic rings. The number of piperazine rings is 1. The van der Waals surface area contributed by atoms with E-state index >= 15 is 0 Å². The molecule has 0 aliphatic carbocycles. The monoisotopic (exact) mass is 239 g/mol. The quantitative estimate of drug-likeness (QED) is 0.776. The van der Waals surface area contributed by atoms with Crippen LogP contribution in [-0.4, -0.2) is 53.5 Å². The first-order valence-electron chi connectivity index (χ1n) is 6.93. The van der Waals surface area contributed by atoms with Crippen LogP contribution in [0.5, 0.6) is 0 Å². The van der Waals surface area contributed by atoms with Crippen LogP contribution < -0.4 is 5.73 Å². The van der Waals surface area contributed by atoms with Gasteiger partial charge in [-0.25, -0.2) is 0 Å². The molecule has 2 heterocycles. The van der Waals surface area contributed by atoms with Gasteiger partial charge in [0.25, 0.3) is 0 Å². The molecule has 0 aromatic rings. The van der Waals surface area contributed by atoms with Gasteiger partial charge in [-0.2, -0.15) is 0 Å². The molecule has 2 fully saturated rings. The van der Waals surface area contributed by atoms with E-state index in [1.54, 1.807) is 0 Å². The molecule has 0 aromatic carbocycles. The summed E-state index contributed by atoms with van der Waals surface area (Å²) in [4.78, 5) is 16.8. The number of carbonyl (C=O) groups is 1. The van der Waals surface area contributed by atoms with Crippen LogP contribution in [0, 0.1) is 0 Å². The summed E-state index contributed by atoms with van der Waals surface area (Å²) < 4.78 is 0. The van der Waals surface area contributed by atoms with E-state index in [-0.39, 0.29) is 11.9 Å². The van der Waals surface area contributed by atoms with Gasteiger partial charge in [0, 0.05) is 25.2 Å². The number of hydrogen-bond donors (Lipinski definition) is 1. The van der Waals surface area contributed by atoms with Crippen LogP contribution in [0.25, 0.3) is 0 Å². The van der Waals surface area contributed by atoms with Crippen molar-refractivity contribution in [3.8, 4) is 0 Å². The Labute approximate surface area is 104 Å². The molecule has 2 unspecified atom stereocenters. The molecule has 0 radical (unpaired) electrons. The number of rotatable bonds is 2. The maximum absolute atomic E-state index is 12.2. The van der Waals surface area contributed by atoms with Crippen molar-refractivity contribution in [2.75, 3.05) is 19.6 Å². The summed E-state index contributed by atoms with van der Waals surface area (Å²) >= 11 is 0. The normalized spacial score (nSPS) is 32.1. The first-order chi connectivity index (χ1) is 8.13. The summed E-state index contributed by atoms with van der Waals surface area (Å²) in [6.45, 7) is 7.23. The van der Waals surface area contributed by atoms with Crippen molar-refractivity contribution >= 4 is 5.91 Å². The van der Waals surface area contributed by atoms with E-state index in [1.165, 1.54) is 25.8 Å². The summed E-state index contributed by atoms with van der Waals surface area (Å²) in [5.74, 6) is 0.144. The topological polar surface area (TPSA) is 49.6 Å². The molecular formula is C13H25N3O. The first kappa shape index (κ1) is 12.8. The van der Waals surface area contributed by atoms with Gasteiger partial charge in [-0.1, -0.05) is 13.3 Å². The maximum atomic E-state index is 12.2. The van der Waals surface area contributed by atoms with Gasteiger partial charge in [0.2, 0.25) is 5.91 Å². The van der Waals surface area contributed by atoms with Crippen LogP contribution >= 0.6 is 0 Å². The molecule has 4 heteroatoms. The van der Waals surface area contributed by atoms with Crippen LogP contribution in [0.3, 0.4) is 0 Å². The maximum Gasteiger partial charge on any atom is 0.239 e. The van der Waals surface area contributed by atoms with E-state index in [0.29, 0.717) is 12.1 Å². The van der Waals surface area contributed by atoms with E-state index in [4.69, 9.17) is 5.73 Å². The van der Waals surface area contributed by atoms with Crippen molar-refractivity contribution in [1.29, 1.82) is 0 Å². The van der Waals surface area contributed by atoms with Gasteiger partial charge < -0.3 is 10.6 Å². The van der Waals surface area contributed by atoms with Gasteiger partial charge >= 0.3 is 0 Å². The SMILES string of the molecule is CC[C@@H](N)C(=O)N1CC2CCCCN2CC1C. The Morgan fingerprint density at radius 1 is 1.41 bits per heavy atom. The van der Waals surface area contributed by atoms with E-state index in [1.807, 2.05) is 11.8 Å². The number of amides is 1. The largest absolute Gasteiger partial charge is 0.336 e. The summed E-state index contributed by atoms with van der Waals surface area (Å²) in [5.41, 5.74) is 5.87. The Morgan fingerprint density at radius 2 is 2.18 bits per heavy atom. The predicted octanol–water partition coefficient (Wildman–Crippen LogP) is 0.809. The summed E-state index contributed by atoms with van der Waals surface area (Å²) in [7, 11) is 0. The Hall–Kier alpha value is -0.610. The second kappa shape index (κ2) is 5.36. The highest BCUT2D eigenvalue weighted by Crippen LogP contribution is 2.24. The van der Waals surface area contributed by atoms with Gasteiger partial charge in [0.15, 0.2) is 0 Å². The molecule has 2 N–H and O–H groups in total. The Morgan fingerprint density at radius 3 is 2.88 bits per heavy atom. The zero-order valence-electron chi connectivity index (χ0n) is 11.1. The summed E-state index contributed by atoms with van der Waals surface area (Å²) in [6.07, 6.45) is 4.58. The zero-order valence-corrected chi connectivity index (χ0v) is 11.1. The van der Waals surface area contributed by atoms with Crippen LogP contribution in [0.15, 0.2) is 0 Å². The third-order valence-electron chi connectivity index (χ3n) is 4.23. The average molecular weight is 239 g/mol. The lowest BCUT2D eigenvalue weighted by molar-refractivity contribution is -0.139. The van der Waals surface area contributed by atoms with Crippen molar-refractivity contribution in [3.05, 3.63) is 0 Å². The zero-order chi connectivity index (χ0) is 12.4. The van der Waals surface area contributed by atoms with Gasteiger partial charge in [-0.05, 0) is 32.7 Å². The molecule has 3 atom stereocenters. The fourth-order valence-electron chi connectivity index (χ4n) is 3.05. The summed E-state index contributed by atoms with van der Waals surface area (Å²) in [5, 5.41) is 0. The minimum Gasteiger partial charge on any atom is -0.336 e. The molecular weight excluding hydrogens is 214 g/mol. The molecule has 2 saturated heterocycles. The number of carbonyl (C=O) groups excluding carboxylic acids is 1. The van der Waals surface area contributed by atoms with Crippen LogP contribution in [-0.2, 0) is 4.79 Å². The highest BCUT2D eigenvalue weighted by atomic mass is 16.2. The number of fused-ring (bicyclic) bond motifs is 1. The number of nitrogens with zero attached hydrogens (tertiary/aromatic N) is 2.